The Balaban J connectivity index is 1.79. The van der Waals surface area contributed by atoms with Crippen LogP contribution in [0, 0.1) is 0 Å². The monoisotopic (exact) mass is 266 g/mol. The number of hydrogen-bond donors (Lipinski definition) is 1. The predicted octanol–water partition coefficient (Wildman–Crippen LogP) is 2.65. The van der Waals surface area contributed by atoms with Crippen LogP contribution in [0.3, 0.4) is 0 Å². The fraction of sp³-hybridized carbons (Fsp3) is 0.133. The third-order valence-electron chi connectivity index (χ3n) is 2.94. The molecule has 1 N–H and O–H groups in total. The van der Waals surface area contributed by atoms with Crippen LogP contribution in [0.1, 0.15) is 5.69 Å². The molecule has 0 saturated carbocycles. The Morgan fingerprint density at radius 3 is 2.80 bits per heavy atom. The molecule has 0 fully saturated rings. The van der Waals surface area contributed by atoms with Gasteiger partial charge in [-0.1, -0.05) is 6.07 Å². The number of aromatic nitrogens is 3. The van der Waals surface area contributed by atoms with Crippen molar-refractivity contribution in [2.75, 3.05) is 12.4 Å². The molecular weight excluding hydrogens is 252 g/mol. The number of nitrogens with one attached hydrogen (secondary N) is 1. The standard InChI is InChI=1S/C15H14N4O/c1-16-15-9-18-11(8-19-15)10-20-14-6-2-5-13-12(14)4-3-7-17-13/h2-9H,10H2,1H3,(H,16,19). The second-order valence-corrected chi connectivity index (χ2v) is 4.26. The first kappa shape index (κ1) is 12.3. The summed E-state index contributed by atoms with van der Waals surface area (Å²) in [4.78, 5) is 12.8. The Bertz CT molecular complexity index is 707. The van der Waals surface area contributed by atoms with Crippen LogP contribution < -0.4 is 10.1 Å². The van der Waals surface area contributed by atoms with Gasteiger partial charge in [-0.25, -0.2) is 4.98 Å². The first-order valence-corrected chi connectivity index (χ1v) is 6.32. The molecule has 5 heteroatoms. The number of rotatable bonds is 4. The number of hydrogen-bond acceptors (Lipinski definition) is 5. The molecule has 5 nitrogen and oxygen atoms in total. The molecule has 0 bridgehead atoms. The Morgan fingerprint density at radius 1 is 1.05 bits per heavy atom. The van der Waals surface area contributed by atoms with E-state index in [-0.39, 0.29) is 0 Å². The quantitative estimate of drug-likeness (QED) is 0.786. The Labute approximate surface area is 116 Å². The lowest BCUT2D eigenvalue weighted by Gasteiger charge is -2.08. The molecule has 0 amide bonds. The van der Waals surface area contributed by atoms with Gasteiger partial charge in [-0.3, -0.25) is 9.97 Å². The van der Waals surface area contributed by atoms with Crippen LogP contribution in [0.4, 0.5) is 5.82 Å². The summed E-state index contributed by atoms with van der Waals surface area (Å²) in [5.41, 5.74) is 1.70. The smallest absolute Gasteiger partial charge is 0.144 e. The molecule has 20 heavy (non-hydrogen) atoms. The summed E-state index contributed by atoms with van der Waals surface area (Å²) in [6, 6.07) is 9.72. The van der Waals surface area contributed by atoms with E-state index in [1.807, 2.05) is 37.4 Å². The van der Waals surface area contributed by atoms with Crippen LogP contribution in [0.15, 0.2) is 48.9 Å². The van der Waals surface area contributed by atoms with Crippen molar-refractivity contribution in [3.63, 3.8) is 0 Å². The second-order valence-electron chi connectivity index (χ2n) is 4.26. The van der Waals surface area contributed by atoms with E-state index in [1.54, 1.807) is 18.6 Å². The summed E-state index contributed by atoms with van der Waals surface area (Å²) in [6.45, 7) is 0.380. The van der Waals surface area contributed by atoms with Crippen LogP contribution >= 0.6 is 0 Å². The lowest BCUT2D eigenvalue weighted by molar-refractivity contribution is 0.304. The van der Waals surface area contributed by atoms with Gasteiger partial charge in [-0.2, -0.15) is 0 Å². The molecule has 3 aromatic rings. The molecular formula is C15H14N4O. The zero-order valence-corrected chi connectivity index (χ0v) is 11.1. The van der Waals surface area contributed by atoms with E-state index < -0.39 is 0 Å². The van der Waals surface area contributed by atoms with Crippen molar-refractivity contribution in [3.8, 4) is 5.75 Å². The van der Waals surface area contributed by atoms with E-state index in [0.717, 1.165) is 28.2 Å². The number of nitrogens with zero attached hydrogens (tertiary/aromatic N) is 3. The highest BCUT2D eigenvalue weighted by atomic mass is 16.5. The van der Waals surface area contributed by atoms with Crippen molar-refractivity contribution in [2.45, 2.75) is 6.61 Å². The van der Waals surface area contributed by atoms with Crippen molar-refractivity contribution in [1.29, 1.82) is 0 Å². The van der Waals surface area contributed by atoms with Crippen molar-refractivity contribution < 1.29 is 4.74 Å². The maximum absolute atomic E-state index is 5.82. The summed E-state index contributed by atoms with van der Waals surface area (Å²) in [7, 11) is 1.81. The van der Waals surface area contributed by atoms with Crippen molar-refractivity contribution >= 4 is 16.7 Å². The Morgan fingerprint density at radius 2 is 2.00 bits per heavy atom. The molecule has 0 saturated heterocycles. The van der Waals surface area contributed by atoms with Gasteiger partial charge in [0, 0.05) is 18.6 Å². The summed E-state index contributed by atoms with van der Waals surface area (Å²) in [5, 5.41) is 3.92. The predicted molar refractivity (Wildman–Crippen MR) is 77.7 cm³/mol. The van der Waals surface area contributed by atoms with Crippen LogP contribution in [0.5, 0.6) is 5.75 Å². The maximum Gasteiger partial charge on any atom is 0.144 e. The van der Waals surface area contributed by atoms with Gasteiger partial charge in [-0.15, -0.1) is 0 Å². The zero-order chi connectivity index (χ0) is 13.8. The number of ether oxygens (including phenoxy) is 1. The van der Waals surface area contributed by atoms with Crippen LogP contribution in [0.25, 0.3) is 10.9 Å². The van der Waals surface area contributed by atoms with Gasteiger partial charge in [0.1, 0.15) is 18.2 Å². The lowest BCUT2D eigenvalue weighted by Crippen LogP contribution is -2.01. The number of anilines is 1. The molecule has 0 aliphatic heterocycles. The normalized spacial score (nSPS) is 10.4. The van der Waals surface area contributed by atoms with Crippen LogP contribution in [-0.2, 0) is 6.61 Å². The molecule has 0 atom stereocenters. The van der Waals surface area contributed by atoms with E-state index in [9.17, 15) is 0 Å². The van der Waals surface area contributed by atoms with E-state index in [1.165, 1.54) is 0 Å². The molecule has 2 heterocycles. The molecule has 0 spiro atoms. The highest BCUT2D eigenvalue weighted by Gasteiger charge is 2.03. The first-order valence-electron chi connectivity index (χ1n) is 6.32. The SMILES string of the molecule is CNc1cnc(COc2cccc3ncccc23)cn1. The van der Waals surface area contributed by atoms with Gasteiger partial charge in [-0.05, 0) is 24.3 Å². The maximum atomic E-state index is 5.82. The van der Waals surface area contributed by atoms with Gasteiger partial charge < -0.3 is 10.1 Å². The summed E-state index contributed by atoms with van der Waals surface area (Å²) < 4.78 is 5.82. The van der Waals surface area contributed by atoms with Crippen LogP contribution in [-0.4, -0.2) is 22.0 Å². The third-order valence-corrected chi connectivity index (χ3v) is 2.94. The lowest BCUT2D eigenvalue weighted by atomic mass is 10.2. The largest absolute Gasteiger partial charge is 0.487 e. The van der Waals surface area contributed by atoms with E-state index in [4.69, 9.17) is 4.74 Å². The minimum atomic E-state index is 0.380. The average Bonchev–Trinajstić information content (AvgIpc) is 2.53. The van der Waals surface area contributed by atoms with Crippen molar-refractivity contribution in [3.05, 3.63) is 54.6 Å². The molecule has 1 aromatic carbocycles. The second kappa shape index (κ2) is 5.52. The molecule has 100 valence electrons. The fourth-order valence-corrected chi connectivity index (χ4v) is 1.91. The Kier molecular flexibility index (Phi) is 3.41. The summed E-state index contributed by atoms with van der Waals surface area (Å²) in [6.07, 6.45) is 5.16. The number of benzene rings is 1. The molecule has 2 aromatic heterocycles. The first-order chi connectivity index (χ1) is 9.86. The van der Waals surface area contributed by atoms with Gasteiger partial charge in [0.25, 0.3) is 0 Å². The zero-order valence-electron chi connectivity index (χ0n) is 11.1. The van der Waals surface area contributed by atoms with Gasteiger partial charge in [0.05, 0.1) is 23.6 Å². The van der Waals surface area contributed by atoms with Gasteiger partial charge >= 0.3 is 0 Å². The van der Waals surface area contributed by atoms with E-state index >= 15 is 0 Å². The topological polar surface area (TPSA) is 59.9 Å². The highest BCUT2D eigenvalue weighted by molar-refractivity contribution is 5.84. The van der Waals surface area contributed by atoms with Crippen LogP contribution in [0.2, 0.25) is 0 Å². The van der Waals surface area contributed by atoms with Gasteiger partial charge in [0.15, 0.2) is 0 Å². The molecule has 0 aliphatic carbocycles. The van der Waals surface area contributed by atoms with Gasteiger partial charge in [0.2, 0.25) is 0 Å². The molecule has 0 radical (unpaired) electrons. The Hall–Kier alpha value is -2.69. The average molecular weight is 266 g/mol. The minimum Gasteiger partial charge on any atom is -0.487 e. The molecule has 0 unspecified atom stereocenters. The van der Waals surface area contributed by atoms with Crippen molar-refractivity contribution in [1.82, 2.24) is 15.0 Å². The fourth-order valence-electron chi connectivity index (χ4n) is 1.91. The summed E-state index contributed by atoms with van der Waals surface area (Å²) >= 11 is 0. The van der Waals surface area contributed by atoms with Crippen molar-refractivity contribution in [2.24, 2.45) is 0 Å². The van der Waals surface area contributed by atoms with E-state index in [2.05, 4.69) is 20.3 Å². The molecule has 3 rings (SSSR count). The highest BCUT2D eigenvalue weighted by Crippen LogP contribution is 2.24. The minimum absolute atomic E-state index is 0.380. The third kappa shape index (κ3) is 2.51. The number of fused-ring (bicyclic) bond motifs is 1. The van der Waals surface area contributed by atoms with E-state index in [0.29, 0.717) is 6.61 Å². The number of pyridine rings is 1. The summed E-state index contributed by atoms with van der Waals surface area (Å²) in [5.74, 6) is 1.54. The molecule has 0 aliphatic rings.